The Labute approximate surface area is 185 Å². The van der Waals surface area contributed by atoms with Gasteiger partial charge in [0.2, 0.25) is 0 Å². The molecule has 1 atom stereocenters. The highest BCUT2D eigenvalue weighted by atomic mass is 16.1. The van der Waals surface area contributed by atoms with E-state index in [4.69, 9.17) is 0 Å². The number of nitrogens with one attached hydrogen (secondary N) is 1. The number of nitrogens with zero attached hydrogens (tertiary/aromatic N) is 4. The van der Waals surface area contributed by atoms with E-state index < -0.39 is 0 Å². The lowest BCUT2D eigenvalue weighted by Crippen LogP contribution is -2.33. The average Bonchev–Trinajstić information content (AvgIpc) is 3.32. The van der Waals surface area contributed by atoms with Crippen LogP contribution in [0.5, 0.6) is 0 Å². The molecule has 3 aromatic carbocycles. The Kier molecular flexibility index (Phi) is 4.05. The molecular formula is C26H22N5O-. The van der Waals surface area contributed by atoms with Crippen LogP contribution in [-0.4, -0.2) is 21.3 Å². The molecule has 2 aliphatic rings. The number of rotatable bonds is 2. The van der Waals surface area contributed by atoms with Gasteiger partial charge in [0, 0.05) is 29.1 Å². The topological polar surface area (TPSA) is 81.9 Å². The number of Topliss-reactive ketones (excluding diaryl/α,β-unsaturated/α-hetero) is 1. The zero-order valence-corrected chi connectivity index (χ0v) is 18.0. The van der Waals surface area contributed by atoms with Crippen molar-refractivity contribution in [2.45, 2.75) is 32.7 Å². The zero-order valence-electron chi connectivity index (χ0n) is 18.0. The van der Waals surface area contributed by atoms with E-state index in [1.165, 1.54) is 21.9 Å². The first-order valence-electron chi connectivity index (χ1n) is 10.8. The van der Waals surface area contributed by atoms with Crippen LogP contribution in [0.1, 0.15) is 43.9 Å². The Bertz CT molecular complexity index is 1380. The fraction of sp³-hybridized carbons (Fsp3) is 0.231. The van der Waals surface area contributed by atoms with Crippen molar-refractivity contribution in [2.75, 3.05) is 5.32 Å². The number of carbonyl (C=O) groups is 1. The molecule has 6 rings (SSSR count). The van der Waals surface area contributed by atoms with E-state index in [-0.39, 0.29) is 17.2 Å². The average molecular weight is 420 g/mol. The molecule has 0 radical (unpaired) electrons. The highest BCUT2D eigenvalue weighted by Gasteiger charge is 2.40. The SMILES string of the molecule is CC1(C)CC(=O)C2=C(C1)c1c(ccc3ccccc13)N[C@@H]2c1ccc(-c2nnn[n-]2)cc1. The van der Waals surface area contributed by atoms with Gasteiger partial charge in [0.05, 0.1) is 6.04 Å². The minimum Gasteiger partial charge on any atom is -0.373 e. The van der Waals surface area contributed by atoms with E-state index in [1.54, 1.807) is 0 Å². The van der Waals surface area contributed by atoms with E-state index in [0.29, 0.717) is 12.2 Å². The number of hydrogen-bond acceptors (Lipinski definition) is 5. The number of hydrogen-bond donors (Lipinski definition) is 1. The molecule has 1 aromatic heterocycles. The van der Waals surface area contributed by atoms with Gasteiger partial charge < -0.3 is 10.4 Å². The van der Waals surface area contributed by atoms with Crippen LogP contribution in [0.4, 0.5) is 5.69 Å². The highest BCUT2D eigenvalue weighted by Crippen LogP contribution is 2.52. The number of anilines is 1. The molecule has 0 fully saturated rings. The first-order chi connectivity index (χ1) is 15.5. The Morgan fingerprint density at radius 2 is 1.81 bits per heavy atom. The molecule has 4 aromatic rings. The highest BCUT2D eigenvalue weighted by molar-refractivity contribution is 6.12. The standard InChI is InChI=1S/C26H23N5O/c1-26(2)13-19-22-18-6-4-3-5-15(18)11-12-20(22)27-24(23(19)21(32)14-26)16-7-9-17(10-8-16)25-28-30-31-29-25/h3-12,24H,13-14H2,1-2H3,(H2,27,28,29,30,31,32)/p-1/t24-/m1/s1. The van der Waals surface area contributed by atoms with Gasteiger partial charge in [0.25, 0.3) is 0 Å². The van der Waals surface area contributed by atoms with Crippen molar-refractivity contribution in [2.24, 2.45) is 5.41 Å². The number of aromatic nitrogens is 4. The quantitative estimate of drug-likeness (QED) is 0.494. The van der Waals surface area contributed by atoms with E-state index in [1.807, 2.05) is 24.3 Å². The van der Waals surface area contributed by atoms with Gasteiger partial charge in [-0.15, -0.1) is 0 Å². The number of ketones is 1. The maximum Gasteiger partial charge on any atom is 0.162 e. The van der Waals surface area contributed by atoms with E-state index >= 15 is 0 Å². The van der Waals surface area contributed by atoms with Gasteiger partial charge >= 0.3 is 0 Å². The molecule has 0 saturated carbocycles. The molecule has 6 nitrogen and oxygen atoms in total. The van der Waals surface area contributed by atoms with E-state index in [0.717, 1.165) is 28.8 Å². The summed E-state index contributed by atoms with van der Waals surface area (Å²) in [5.41, 5.74) is 6.16. The molecular weight excluding hydrogens is 398 g/mol. The number of fused-ring (bicyclic) bond motifs is 4. The molecule has 0 unspecified atom stereocenters. The molecule has 1 N–H and O–H groups in total. The number of allylic oxidation sites excluding steroid dienone is 1. The molecule has 0 spiro atoms. The van der Waals surface area contributed by atoms with Crippen LogP contribution in [0.15, 0.2) is 66.2 Å². The van der Waals surface area contributed by atoms with E-state index in [2.05, 4.69) is 76.2 Å². The monoisotopic (exact) mass is 420 g/mol. The summed E-state index contributed by atoms with van der Waals surface area (Å²) in [6.07, 6.45) is 1.44. The van der Waals surface area contributed by atoms with Gasteiger partial charge in [-0.05, 0) is 45.4 Å². The zero-order chi connectivity index (χ0) is 21.9. The van der Waals surface area contributed by atoms with Crippen LogP contribution < -0.4 is 10.4 Å². The third kappa shape index (κ3) is 2.94. The summed E-state index contributed by atoms with van der Waals surface area (Å²) in [4.78, 5) is 13.5. The minimum absolute atomic E-state index is 0.0645. The maximum atomic E-state index is 13.5. The van der Waals surface area contributed by atoms with Crippen LogP contribution in [0.25, 0.3) is 27.7 Å². The lowest BCUT2D eigenvalue weighted by atomic mass is 9.68. The lowest BCUT2D eigenvalue weighted by Gasteiger charge is -2.40. The maximum absolute atomic E-state index is 13.5. The lowest BCUT2D eigenvalue weighted by molar-refractivity contribution is -0.118. The Hall–Kier alpha value is -3.80. The number of tetrazole rings is 1. The van der Waals surface area contributed by atoms with Crippen molar-refractivity contribution in [1.82, 2.24) is 20.6 Å². The van der Waals surface area contributed by atoms with Crippen LogP contribution in [-0.2, 0) is 4.79 Å². The van der Waals surface area contributed by atoms with Gasteiger partial charge in [0.1, 0.15) is 0 Å². The Morgan fingerprint density at radius 3 is 2.59 bits per heavy atom. The fourth-order valence-corrected chi connectivity index (χ4v) is 5.17. The summed E-state index contributed by atoms with van der Waals surface area (Å²) < 4.78 is 0. The van der Waals surface area contributed by atoms with Gasteiger partial charge in [0.15, 0.2) is 5.78 Å². The van der Waals surface area contributed by atoms with Crippen molar-refractivity contribution >= 4 is 27.8 Å². The minimum atomic E-state index is -0.187. The van der Waals surface area contributed by atoms with Gasteiger partial charge in [-0.25, -0.2) is 0 Å². The predicted octanol–water partition coefficient (Wildman–Crippen LogP) is 4.96. The summed E-state index contributed by atoms with van der Waals surface area (Å²) in [7, 11) is 0. The van der Waals surface area contributed by atoms with Gasteiger partial charge in [-0.3, -0.25) is 15.1 Å². The molecule has 2 heterocycles. The van der Waals surface area contributed by atoms with Crippen molar-refractivity contribution in [3.05, 3.63) is 77.4 Å². The fourth-order valence-electron chi connectivity index (χ4n) is 5.17. The molecule has 0 saturated heterocycles. The largest absolute Gasteiger partial charge is 0.373 e. The second kappa shape index (κ2) is 6.85. The summed E-state index contributed by atoms with van der Waals surface area (Å²) in [5, 5.41) is 21.0. The molecule has 1 aliphatic carbocycles. The predicted molar refractivity (Wildman–Crippen MR) is 124 cm³/mol. The second-order valence-corrected chi connectivity index (χ2v) is 9.44. The molecule has 0 bridgehead atoms. The van der Waals surface area contributed by atoms with Crippen molar-refractivity contribution < 1.29 is 4.79 Å². The summed E-state index contributed by atoms with van der Waals surface area (Å²) in [6, 6.07) is 20.5. The Balaban J connectivity index is 1.53. The van der Waals surface area contributed by atoms with Gasteiger partial charge in [-0.2, -0.15) is 5.21 Å². The Morgan fingerprint density at radius 1 is 1.00 bits per heavy atom. The molecule has 1 aliphatic heterocycles. The molecule has 0 amide bonds. The normalized spacial score (nSPS) is 19.4. The van der Waals surface area contributed by atoms with Crippen LogP contribution in [0, 0.1) is 5.41 Å². The molecule has 6 heteroatoms. The van der Waals surface area contributed by atoms with Crippen LogP contribution in [0.2, 0.25) is 0 Å². The summed E-state index contributed by atoms with van der Waals surface area (Å²) in [5.74, 6) is 0.726. The van der Waals surface area contributed by atoms with Crippen LogP contribution >= 0.6 is 0 Å². The van der Waals surface area contributed by atoms with Crippen molar-refractivity contribution in [3.8, 4) is 11.4 Å². The van der Waals surface area contributed by atoms with Crippen molar-refractivity contribution in [3.63, 3.8) is 0 Å². The van der Waals surface area contributed by atoms with Crippen LogP contribution in [0.3, 0.4) is 0 Å². The first kappa shape index (κ1) is 18.9. The van der Waals surface area contributed by atoms with E-state index in [9.17, 15) is 4.79 Å². The second-order valence-electron chi connectivity index (χ2n) is 9.44. The third-order valence-electron chi connectivity index (χ3n) is 6.56. The smallest absolute Gasteiger partial charge is 0.162 e. The summed E-state index contributed by atoms with van der Waals surface area (Å²) >= 11 is 0. The van der Waals surface area contributed by atoms with Gasteiger partial charge in [-0.1, -0.05) is 68.4 Å². The molecule has 158 valence electrons. The summed E-state index contributed by atoms with van der Waals surface area (Å²) in [6.45, 7) is 4.38. The first-order valence-corrected chi connectivity index (χ1v) is 10.8. The number of benzene rings is 3. The third-order valence-corrected chi connectivity index (χ3v) is 6.56. The van der Waals surface area contributed by atoms with Crippen molar-refractivity contribution in [1.29, 1.82) is 0 Å². The molecule has 32 heavy (non-hydrogen) atoms. The number of carbonyl (C=O) groups excluding carboxylic acids is 1.